The summed E-state index contributed by atoms with van der Waals surface area (Å²) >= 11 is 3.48. The Morgan fingerprint density at radius 3 is 2.55 bits per heavy atom. The number of hydrogen-bond donors (Lipinski definition) is 0. The third-order valence-electron chi connectivity index (χ3n) is 5.57. The Balaban J connectivity index is 1.91. The molecule has 1 aromatic carbocycles. The largest absolute Gasteiger partial charge is 0.332 e. The van der Waals surface area contributed by atoms with Gasteiger partial charge in [-0.1, -0.05) is 42.6 Å². The Kier molecular flexibility index (Phi) is 5.38. The van der Waals surface area contributed by atoms with Crippen molar-refractivity contribution in [3.63, 3.8) is 0 Å². The Morgan fingerprint density at radius 1 is 1.14 bits per heavy atom. The highest BCUT2D eigenvalue weighted by Crippen LogP contribution is 2.33. The van der Waals surface area contributed by atoms with Crippen LogP contribution in [-0.2, 0) is 20.1 Å². The van der Waals surface area contributed by atoms with Gasteiger partial charge in [-0.05, 0) is 36.6 Å². The molecule has 0 amide bonds. The molecular weight excluding hydrogens is 434 g/mol. The first kappa shape index (κ1) is 19.9. The minimum absolute atomic E-state index is 0.234. The molecule has 0 saturated heterocycles. The monoisotopic (exact) mass is 459 g/mol. The van der Waals surface area contributed by atoms with Gasteiger partial charge in [0.15, 0.2) is 11.2 Å². The van der Waals surface area contributed by atoms with Crippen LogP contribution in [0.1, 0.15) is 33.1 Å². The number of halogens is 1. The summed E-state index contributed by atoms with van der Waals surface area (Å²) in [5.41, 5.74) is 1.47. The molecule has 0 unspecified atom stereocenters. The summed E-state index contributed by atoms with van der Waals surface area (Å²) < 4.78 is 5.88. The molecule has 8 heteroatoms. The number of benzene rings is 1. The Bertz CT molecular complexity index is 1160. The number of unbranched alkanes of at least 4 members (excludes halogenated alkanes) is 2. The SMILES string of the molecule is CCCCCn1c(=O)c2c(nc3n2C[C@H](C)CN3c2ccc(Br)cc2)n(C)c1=O. The molecule has 0 aliphatic carbocycles. The first-order valence-electron chi connectivity index (χ1n) is 10.2. The number of imidazole rings is 1. The van der Waals surface area contributed by atoms with Crippen molar-refractivity contribution in [3.05, 3.63) is 49.6 Å². The average molecular weight is 460 g/mol. The average Bonchev–Trinajstić information content (AvgIpc) is 3.08. The fraction of sp³-hybridized carbons (Fsp3) is 0.476. The third-order valence-corrected chi connectivity index (χ3v) is 6.09. The lowest BCUT2D eigenvalue weighted by Crippen LogP contribution is -2.40. The molecule has 1 atom stereocenters. The molecule has 0 spiro atoms. The number of aromatic nitrogens is 4. The van der Waals surface area contributed by atoms with Gasteiger partial charge in [0.05, 0.1) is 0 Å². The fourth-order valence-electron chi connectivity index (χ4n) is 4.06. The van der Waals surface area contributed by atoms with Gasteiger partial charge in [-0.15, -0.1) is 0 Å². The number of hydrogen-bond acceptors (Lipinski definition) is 4. The van der Waals surface area contributed by atoms with Gasteiger partial charge >= 0.3 is 5.69 Å². The molecule has 0 fully saturated rings. The molecule has 2 aromatic heterocycles. The molecule has 0 bridgehead atoms. The zero-order valence-electron chi connectivity index (χ0n) is 17.1. The first-order valence-corrected chi connectivity index (χ1v) is 10.9. The number of nitrogens with zero attached hydrogens (tertiary/aromatic N) is 5. The highest BCUT2D eigenvalue weighted by molar-refractivity contribution is 9.10. The molecule has 3 heterocycles. The maximum atomic E-state index is 13.3. The van der Waals surface area contributed by atoms with E-state index in [1.165, 1.54) is 9.13 Å². The lowest BCUT2D eigenvalue weighted by Gasteiger charge is -2.33. The Labute approximate surface area is 177 Å². The van der Waals surface area contributed by atoms with E-state index in [1.54, 1.807) is 7.05 Å². The van der Waals surface area contributed by atoms with E-state index in [0.29, 0.717) is 30.2 Å². The number of fused-ring (bicyclic) bond motifs is 3. The van der Waals surface area contributed by atoms with Crippen molar-refractivity contribution in [1.29, 1.82) is 0 Å². The Morgan fingerprint density at radius 2 is 1.86 bits per heavy atom. The van der Waals surface area contributed by atoms with Gasteiger partial charge in [-0.2, -0.15) is 4.98 Å². The maximum absolute atomic E-state index is 13.3. The van der Waals surface area contributed by atoms with Crippen LogP contribution >= 0.6 is 15.9 Å². The molecule has 0 N–H and O–H groups in total. The van der Waals surface area contributed by atoms with Gasteiger partial charge in [0.1, 0.15) is 0 Å². The molecule has 29 heavy (non-hydrogen) atoms. The van der Waals surface area contributed by atoms with E-state index in [9.17, 15) is 9.59 Å². The summed E-state index contributed by atoms with van der Waals surface area (Å²) in [4.78, 5) is 33.0. The van der Waals surface area contributed by atoms with Gasteiger partial charge in [-0.25, -0.2) is 4.79 Å². The second-order valence-corrected chi connectivity index (χ2v) is 8.81. The fourth-order valence-corrected chi connectivity index (χ4v) is 4.33. The summed E-state index contributed by atoms with van der Waals surface area (Å²) in [7, 11) is 1.70. The van der Waals surface area contributed by atoms with E-state index in [-0.39, 0.29) is 11.2 Å². The summed E-state index contributed by atoms with van der Waals surface area (Å²) in [5.74, 6) is 1.06. The van der Waals surface area contributed by atoms with Crippen LogP contribution in [0.4, 0.5) is 11.6 Å². The second-order valence-electron chi connectivity index (χ2n) is 7.89. The molecule has 4 rings (SSSR count). The zero-order chi connectivity index (χ0) is 20.7. The molecule has 1 aliphatic heterocycles. The normalized spacial score (nSPS) is 16.4. The lowest BCUT2D eigenvalue weighted by molar-refractivity contribution is 0.457. The topological polar surface area (TPSA) is 65.1 Å². The lowest BCUT2D eigenvalue weighted by atomic mass is 10.1. The van der Waals surface area contributed by atoms with Crippen LogP contribution in [0.3, 0.4) is 0 Å². The standard InChI is InChI=1S/C21H26BrN5O2/c1-4-5-6-11-25-19(28)17-18(24(3)21(25)29)23-20-26(12-14(2)13-27(17)20)16-9-7-15(22)8-10-16/h7-10,14H,4-6,11-13H2,1-3H3/t14-/m1/s1. The van der Waals surface area contributed by atoms with Crippen molar-refractivity contribution >= 4 is 38.7 Å². The Hall–Kier alpha value is -2.35. The van der Waals surface area contributed by atoms with Crippen LogP contribution in [0.15, 0.2) is 38.3 Å². The van der Waals surface area contributed by atoms with Crippen LogP contribution in [0, 0.1) is 5.92 Å². The van der Waals surface area contributed by atoms with Crippen molar-refractivity contribution in [1.82, 2.24) is 18.7 Å². The molecule has 154 valence electrons. The summed E-state index contributed by atoms with van der Waals surface area (Å²) in [6, 6.07) is 8.07. The van der Waals surface area contributed by atoms with Crippen LogP contribution in [0.2, 0.25) is 0 Å². The number of anilines is 2. The molecule has 0 saturated carbocycles. The minimum Gasteiger partial charge on any atom is -0.312 e. The molecule has 0 radical (unpaired) electrons. The van der Waals surface area contributed by atoms with Crippen molar-refractivity contribution in [3.8, 4) is 0 Å². The van der Waals surface area contributed by atoms with Gasteiger partial charge in [0, 0.05) is 36.8 Å². The second kappa shape index (κ2) is 7.82. The summed E-state index contributed by atoms with van der Waals surface area (Å²) in [5, 5.41) is 0. The highest BCUT2D eigenvalue weighted by Gasteiger charge is 2.29. The van der Waals surface area contributed by atoms with Gasteiger partial charge in [0.2, 0.25) is 5.95 Å². The number of aryl methyl sites for hydroxylation is 1. The predicted octanol–water partition coefficient (Wildman–Crippen LogP) is 3.64. The quantitative estimate of drug-likeness (QED) is 0.546. The van der Waals surface area contributed by atoms with Crippen LogP contribution in [0.5, 0.6) is 0 Å². The van der Waals surface area contributed by atoms with E-state index in [0.717, 1.165) is 41.9 Å². The van der Waals surface area contributed by atoms with Crippen LogP contribution in [0.25, 0.3) is 11.2 Å². The summed E-state index contributed by atoms with van der Waals surface area (Å²) in [6.45, 7) is 6.24. The predicted molar refractivity (Wildman–Crippen MR) is 119 cm³/mol. The van der Waals surface area contributed by atoms with Crippen molar-refractivity contribution in [2.24, 2.45) is 13.0 Å². The van der Waals surface area contributed by atoms with E-state index in [1.807, 2.05) is 28.8 Å². The molecular formula is C21H26BrN5O2. The van der Waals surface area contributed by atoms with Gasteiger partial charge in [0.25, 0.3) is 5.56 Å². The van der Waals surface area contributed by atoms with Crippen LogP contribution in [-0.4, -0.2) is 25.2 Å². The summed E-state index contributed by atoms with van der Waals surface area (Å²) in [6.07, 6.45) is 2.85. The zero-order valence-corrected chi connectivity index (χ0v) is 18.6. The van der Waals surface area contributed by atoms with E-state index < -0.39 is 0 Å². The molecule has 7 nitrogen and oxygen atoms in total. The third kappa shape index (κ3) is 3.43. The molecule has 3 aromatic rings. The van der Waals surface area contributed by atoms with Gasteiger partial charge < -0.3 is 9.47 Å². The van der Waals surface area contributed by atoms with E-state index in [2.05, 4.69) is 34.7 Å². The van der Waals surface area contributed by atoms with Crippen molar-refractivity contribution < 1.29 is 0 Å². The number of rotatable bonds is 5. The van der Waals surface area contributed by atoms with Crippen LogP contribution < -0.4 is 16.1 Å². The van der Waals surface area contributed by atoms with Crippen molar-refractivity contribution in [2.75, 3.05) is 11.4 Å². The van der Waals surface area contributed by atoms with E-state index in [4.69, 9.17) is 4.98 Å². The van der Waals surface area contributed by atoms with E-state index >= 15 is 0 Å². The maximum Gasteiger partial charge on any atom is 0.332 e. The first-order chi connectivity index (χ1) is 13.9. The minimum atomic E-state index is -0.294. The highest BCUT2D eigenvalue weighted by atomic mass is 79.9. The van der Waals surface area contributed by atoms with Crippen molar-refractivity contribution in [2.45, 2.75) is 46.2 Å². The van der Waals surface area contributed by atoms with Gasteiger partial charge in [-0.3, -0.25) is 13.9 Å². The smallest absolute Gasteiger partial charge is 0.312 e. The molecule has 1 aliphatic rings.